The number of carbonyl (C=O) groups excluding carboxylic acids is 1. The van der Waals surface area contributed by atoms with Crippen LogP contribution >= 0.6 is 23.1 Å². The molecule has 0 aliphatic heterocycles. The first-order valence-electron chi connectivity index (χ1n) is 5.11. The molecule has 1 heterocycles. The lowest BCUT2D eigenvalue weighted by atomic mass is 10.1. The second-order valence-corrected chi connectivity index (χ2v) is 5.34. The van der Waals surface area contributed by atoms with Crippen LogP contribution in [0.15, 0.2) is 10.8 Å². The quantitative estimate of drug-likeness (QED) is 0.832. The van der Waals surface area contributed by atoms with Crippen LogP contribution in [0.2, 0.25) is 0 Å². The van der Waals surface area contributed by atoms with Gasteiger partial charge in [-0.15, -0.1) is 0 Å². The van der Waals surface area contributed by atoms with E-state index < -0.39 is 12.0 Å². The summed E-state index contributed by atoms with van der Waals surface area (Å²) in [4.78, 5) is 22.8. The van der Waals surface area contributed by atoms with Crippen molar-refractivity contribution in [2.75, 3.05) is 12.0 Å². The summed E-state index contributed by atoms with van der Waals surface area (Å²) in [6.07, 6.45) is 2.34. The van der Waals surface area contributed by atoms with E-state index in [9.17, 15) is 9.59 Å². The number of rotatable bonds is 6. The van der Waals surface area contributed by atoms with E-state index in [0.717, 1.165) is 5.56 Å². The van der Waals surface area contributed by atoms with E-state index in [1.807, 2.05) is 18.6 Å². The molecule has 0 radical (unpaired) electrons. The van der Waals surface area contributed by atoms with Crippen LogP contribution in [0, 0.1) is 6.92 Å². The molecule has 0 saturated carbocycles. The largest absolute Gasteiger partial charge is 0.480 e. The summed E-state index contributed by atoms with van der Waals surface area (Å²) in [5, 5.41) is 15.1. The molecule has 0 aliphatic carbocycles. The fourth-order valence-electron chi connectivity index (χ4n) is 1.32. The van der Waals surface area contributed by atoms with Crippen molar-refractivity contribution in [2.45, 2.75) is 19.4 Å². The van der Waals surface area contributed by atoms with Crippen molar-refractivity contribution in [3.05, 3.63) is 21.9 Å². The van der Waals surface area contributed by atoms with Crippen LogP contribution in [0.3, 0.4) is 0 Å². The third-order valence-corrected chi connectivity index (χ3v) is 3.82. The summed E-state index contributed by atoms with van der Waals surface area (Å²) >= 11 is 3.00. The van der Waals surface area contributed by atoms with Crippen LogP contribution in [0.25, 0.3) is 0 Å². The van der Waals surface area contributed by atoms with Gasteiger partial charge < -0.3 is 10.4 Å². The van der Waals surface area contributed by atoms with Crippen molar-refractivity contribution in [3.8, 4) is 0 Å². The standard InChI is InChI=1S/C11H15NO3S2/c1-7-5-17-6-8(7)10(13)12-9(11(14)15)3-4-16-2/h5-6,9H,3-4H2,1-2H3,(H,12,13)(H,14,15)/t9-/m1/s1. The van der Waals surface area contributed by atoms with Crippen LogP contribution in [0.4, 0.5) is 0 Å². The van der Waals surface area contributed by atoms with Gasteiger partial charge in [-0.3, -0.25) is 4.79 Å². The van der Waals surface area contributed by atoms with Crippen molar-refractivity contribution in [1.29, 1.82) is 0 Å². The minimum atomic E-state index is -0.986. The lowest BCUT2D eigenvalue weighted by Crippen LogP contribution is -2.41. The molecule has 0 aromatic carbocycles. The van der Waals surface area contributed by atoms with Gasteiger partial charge in [0.1, 0.15) is 6.04 Å². The fourth-order valence-corrected chi connectivity index (χ4v) is 2.62. The lowest BCUT2D eigenvalue weighted by molar-refractivity contribution is -0.139. The van der Waals surface area contributed by atoms with Crippen molar-refractivity contribution < 1.29 is 14.7 Å². The maximum atomic E-state index is 11.8. The molecule has 1 aromatic heterocycles. The Kier molecular flexibility index (Phi) is 5.50. The van der Waals surface area contributed by atoms with Crippen LogP contribution in [0.5, 0.6) is 0 Å². The van der Waals surface area contributed by atoms with Gasteiger partial charge in [0.25, 0.3) is 5.91 Å². The number of carboxylic acids is 1. The van der Waals surface area contributed by atoms with Gasteiger partial charge in [0.05, 0.1) is 5.56 Å². The van der Waals surface area contributed by atoms with Gasteiger partial charge in [0.15, 0.2) is 0 Å². The Bertz CT molecular complexity index is 403. The van der Waals surface area contributed by atoms with E-state index in [4.69, 9.17) is 5.11 Å². The molecule has 0 aliphatic rings. The van der Waals surface area contributed by atoms with Crippen molar-refractivity contribution >= 4 is 35.0 Å². The summed E-state index contributed by atoms with van der Waals surface area (Å²) in [5.41, 5.74) is 1.44. The zero-order valence-corrected chi connectivity index (χ0v) is 11.4. The Hall–Kier alpha value is -1.01. The van der Waals surface area contributed by atoms with Crippen LogP contribution in [-0.4, -0.2) is 35.0 Å². The molecule has 0 unspecified atom stereocenters. The molecule has 0 spiro atoms. The van der Waals surface area contributed by atoms with Crippen LogP contribution in [-0.2, 0) is 4.79 Å². The summed E-state index contributed by atoms with van der Waals surface area (Å²) < 4.78 is 0. The van der Waals surface area contributed by atoms with Crippen molar-refractivity contribution in [1.82, 2.24) is 5.32 Å². The summed E-state index contributed by atoms with van der Waals surface area (Å²) in [6.45, 7) is 1.84. The van der Waals surface area contributed by atoms with E-state index in [2.05, 4.69) is 5.32 Å². The first kappa shape index (κ1) is 14.1. The SMILES string of the molecule is CSCC[C@@H](NC(=O)c1cscc1C)C(=O)O. The fraction of sp³-hybridized carbons (Fsp3) is 0.455. The van der Waals surface area contributed by atoms with E-state index in [-0.39, 0.29) is 5.91 Å². The van der Waals surface area contributed by atoms with Crippen molar-refractivity contribution in [3.63, 3.8) is 0 Å². The second-order valence-electron chi connectivity index (χ2n) is 3.61. The van der Waals surface area contributed by atoms with Crippen LogP contribution < -0.4 is 5.32 Å². The molecule has 0 saturated heterocycles. The molecule has 94 valence electrons. The zero-order valence-electron chi connectivity index (χ0n) is 9.73. The molecular formula is C11H15NO3S2. The van der Waals surface area contributed by atoms with Gasteiger partial charge in [-0.1, -0.05) is 0 Å². The second kappa shape index (κ2) is 6.66. The van der Waals surface area contributed by atoms with Gasteiger partial charge in [-0.2, -0.15) is 23.1 Å². The molecule has 4 nitrogen and oxygen atoms in total. The van der Waals surface area contributed by atoms with E-state index >= 15 is 0 Å². The van der Waals surface area contributed by atoms with Crippen molar-refractivity contribution in [2.24, 2.45) is 0 Å². The van der Waals surface area contributed by atoms with E-state index in [0.29, 0.717) is 17.7 Å². The normalized spacial score (nSPS) is 12.1. The molecule has 0 bridgehead atoms. The number of aryl methyl sites for hydroxylation is 1. The van der Waals surface area contributed by atoms with Gasteiger partial charge in [0.2, 0.25) is 0 Å². The number of thiophene rings is 1. The smallest absolute Gasteiger partial charge is 0.326 e. The first-order valence-corrected chi connectivity index (χ1v) is 7.45. The van der Waals surface area contributed by atoms with Gasteiger partial charge in [-0.25, -0.2) is 4.79 Å². The van der Waals surface area contributed by atoms with Gasteiger partial charge >= 0.3 is 5.97 Å². The third-order valence-electron chi connectivity index (χ3n) is 2.31. The number of carboxylic acid groups (broad SMARTS) is 1. The molecule has 2 N–H and O–H groups in total. The number of nitrogens with one attached hydrogen (secondary N) is 1. The molecule has 17 heavy (non-hydrogen) atoms. The number of carbonyl (C=O) groups is 2. The lowest BCUT2D eigenvalue weighted by Gasteiger charge is -2.13. The number of hydrogen-bond acceptors (Lipinski definition) is 4. The molecule has 1 amide bonds. The molecule has 6 heteroatoms. The number of thioether (sulfide) groups is 1. The molecule has 1 aromatic rings. The van der Waals surface area contributed by atoms with Gasteiger partial charge in [0, 0.05) is 5.38 Å². The molecule has 1 atom stereocenters. The predicted octanol–water partition coefficient (Wildman–Crippen LogP) is 1.99. The minimum absolute atomic E-state index is 0.308. The van der Waals surface area contributed by atoms with E-state index in [1.165, 1.54) is 11.3 Å². The highest BCUT2D eigenvalue weighted by atomic mass is 32.2. The Labute approximate surface area is 108 Å². The number of amides is 1. The summed E-state index contributed by atoms with van der Waals surface area (Å²) in [5.74, 6) is -0.586. The zero-order chi connectivity index (χ0) is 12.8. The highest BCUT2D eigenvalue weighted by Crippen LogP contribution is 2.14. The maximum Gasteiger partial charge on any atom is 0.326 e. The highest BCUT2D eigenvalue weighted by molar-refractivity contribution is 7.98. The van der Waals surface area contributed by atoms with Crippen LogP contribution in [0.1, 0.15) is 22.3 Å². The first-order chi connectivity index (χ1) is 8.06. The molecule has 0 fully saturated rings. The van der Waals surface area contributed by atoms with Gasteiger partial charge in [-0.05, 0) is 36.3 Å². The van der Waals surface area contributed by atoms with E-state index in [1.54, 1.807) is 17.1 Å². The summed E-state index contributed by atoms with van der Waals surface area (Å²) in [6, 6.07) is -0.811. The average molecular weight is 273 g/mol. The Balaban J connectivity index is 2.64. The Morgan fingerprint density at radius 2 is 2.24 bits per heavy atom. The predicted molar refractivity (Wildman–Crippen MR) is 70.9 cm³/mol. The maximum absolute atomic E-state index is 11.8. The summed E-state index contributed by atoms with van der Waals surface area (Å²) in [7, 11) is 0. The topological polar surface area (TPSA) is 66.4 Å². The monoisotopic (exact) mass is 273 g/mol. The molecular weight excluding hydrogens is 258 g/mol. The Morgan fingerprint density at radius 3 is 2.71 bits per heavy atom. The number of aliphatic carboxylic acids is 1. The number of hydrogen-bond donors (Lipinski definition) is 2. The molecule has 1 rings (SSSR count). The highest BCUT2D eigenvalue weighted by Gasteiger charge is 2.21. The Morgan fingerprint density at radius 1 is 1.53 bits per heavy atom. The minimum Gasteiger partial charge on any atom is -0.480 e. The third kappa shape index (κ3) is 4.05. The average Bonchev–Trinajstić information content (AvgIpc) is 2.70.